The standard InChI is InChI=1S/C10H12N2O2/c1-7-9(5-12(2)11-7)10-4-3-8(6-13)14-10/h3-5,13H,6H2,1-2H3. The molecule has 0 saturated heterocycles. The number of aromatic nitrogens is 2. The van der Waals surface area contributed by atoms with Crippen molar-refractivity contribution < 1.29 is 9.52 Å². The van der Waals surface area contributed by atoms with Gasteiger partial charge in [0.15, 0.2) is 0 Å². The number of furan rings is 1. The molecule has 1 N–H and O–H groups in total. The Labute approximate surface area is 81.8 Å². The van der Waals surface area contributed by atoms with E-state index in [1.165, 1.54) is 0 Å². The van der Waals surface area contributed by atoms with Gasteiger partial charge in [-0.05, 0) is 19.1 Å². The van der Waals surface area contributed by atoms with Gasteiger partial charge in [0.1, 0.15) is 18.1 Å². The van der Waals surface area contributed by atoms with E-state index < -0.39 is 0 Å². The fraction of sp³-hybridized carbons (Fsp3) is 0.300. The number of aliphatic hydroxyl groups excluding tert-OH is 1. The molecule has 2 heterocycles. The van der Waals surface area contributed by atoms with Crippen LogP contribution in [0.25, 0.3) is 11.3 Å². The summed E-state index contributed by atoms with van der Waals surface area (Å²) < 4.78 is 7.15. The predicted octanol–water partition coefficient (Wildman–Crippen LogP) is 1.48. The molecule has 0 aromatic carbocycles. The molecule has 0 saturated carbocycles. The molecule has 2 aromatic heterocycles. The smallest absolute Gasteiger partial charge is 0.137 e. The SMILES string of the molecule is Cc1nn(C)cc1-c1ccc(CO)o1. The Kier molecular flexibility index (Phi) is 2.13. The van der Waals surface area contributed by atoms with Crippen molar-refractivity contribution in [3.8, 4) is 11.3 Å². The van der Waals surface area contributed by atoms with Gasteiger partial charge in [0.05, 0.1) is 11.3 Å². The summed E-state index contributed by atoms with van der Waals surface area (Å²) in [5.74, 6) is 1.32. The lowest BCUT2D eigenvalue weighted by Gasteiger charge is -1.92. The number of hydrogen-bond acceptors (Lipinski definition) is 3. The molecule has 0 aliphatic heterocycles. The van der Waals surface area contributed by atoms with Crippen LogP contribution in [-0.4, -0.2) is 14.9 Å². The minimum atomic E-state index is -0.0701. The zero-order valence-electron chi connectivity index (χ0n) is 8.19. The second kappa shape index (κ2) is 3.31. The van der Waals surface area contributed by atoms with Crippen molar-refractivity contribution in [2.45, 2.75) is 13.5 Å². The highest BCUT2D eigenvalue weighted by Crippen LogP contribution is 2.24. The number of aliphatic hydroxyl groups is 1. The monoisotopic (exact) mass is 192 g/mol. The molecule has 4 heteroatoms. The lowest BCUT2D eigenvalue weighted by molar-refractivity contribution is 0.248. The molecule has 2 rings (SSSR count). The van der Waals surface area contributed by atoms with E-state index in [9.17, 15) is 0 Å². The van der Waals surface area contributed by atoms with Crippen molar-refractivity contribution in [3.63, 3.8) is 0 Å². The Morgan fingerprint density at radius 3 is 2.79 bits per heavy atom. The first-order valence-electron chi connectivity index (χ1n) is 4.41. The second-order valence-corrected chi connectivity index (χ2v) is 3.23. The Hall–Kier alpha value is -1.55. The molecule has 0 aliphatic rings. The Morgan fingerprint density at radius 2 is 2.29 bits per heavy atom. The third-order valence-corrected chi connectivity index (χ3v) is 2.10. The van der Waals surface area contributed by atoms with Crippen LogP contribution in [0.1, 0.15) is 11.5 Å². The van der Waals surface area contributed by atoms with Crippen molar-refractivity contribution in [1.82, 2.24) is 9.78 Å². The molecule has 0 fully saturated rings. The van der Waals surface area contributed by atoms with Crippen molar-refractivity contribution in [2.75, 3.05) is 0 Å². The maximum absolute atomic E-state index is 8.86. The van der Waals surface area contributed by atoms with E-state index in [1.807, 2.05) is 26.2 Å². The van der Waals surface area contributed by atoms with E-state index in [0.717, 1.165) is 17.0 Å². The van der Waals surface area contributed by atoms with Crippen molar-refractivity contribution in [3.05, 3.63) is 29.8 Å². The molecule has 0 bridgehead atoms. The maximum Gasteiger partial charge on any atom is 0.137 e. The average molecular weight is 192 g/mol. The largest absolute Gasteiger partial charge is 0.459 e. The Bertz CT molecular complexity index is 443. The van der Waals surface area contributed by atoms with Crippen LogP contribution in [0.3, 0.4) is 0 Å². The van der Waals surface area contributed by atoms with E-state index >= 15 is 0 Å². The van der Waals surface area contributed by atoms with Gasteiger partial charge in [0, 0.05) is 13.2 Å². The van der Waals surface area contributed by atoms with Crippen LogP contribution >= 0.6 is 0 Å². The van der Waals surface area contributed by atoms with Crippen molar-refractivity contribution in [1.29, 1.82) is 0 Å². The molecule has 0 radical (unpaired) electrons. The van der Waals surface area contributed by atoms with E-state index in [0.29, 0.717) is 5.76 Å². The third-order valence-electron chi connectivity index (χ3n) is 2.10. The lowest BCUT2D eigenvalue weighted by Crippen LogP contribution is -1.86. The summed E-state index contributed by atoms with van der Waals surface area (Å²) in [6, 6.07) is 3.61. The molecule has 2 aromatic rings. The average Bonchev–Trinajstić information content (AvgIpc) is 2.71. The molecule has 0 aliphatic carbocycles. The minimum Gasteiger partial charge on any atom is -0.459 e. The summed E-state index contributed by atoms with van der Waals surface area (Å²) >= 11 is 0. The first-order valence-corrected chi connectivity index (χ1v) is 4.41. The summed E-state index contributed by atoms with van der Waals surface area (Å²) in [7, 11) is 1.87. The van der Waals surface area contributed by atoms with Gasteiger partial charge in [-0.3, -0.25) is 4.68 Å². The van der Waals surface area contributed by atoms with Crippen LogP contribution < -0.4 is 0 Å². The molecular weight excluding hydrogens is 180 g/mol. The van der Waals surface area contributed by atoms with Crippen LogP contribution in [0.2, 0.25) is 0 Å². The zero-order valence-corrected chi connectivity index (χ0v) is 8.19. The molecule has 0 unspecified atom stereocenters. The van der Waals surface area contributed by atoms with Crippen LogP contribution in [0.5, 0.6) is 0 Å². The van der Waals surface area contributed by atoms with Gasteiger partial charge in [-0.2, -0.15) is 5.10 Å². The molecule has 4 nitrogen and oxygen atoms in total. The van der Waals surface area contributed by atoms with Gasteiger partial charge in [-0.25, -0.2) is 0 Å². The van der Waals surface area contributed by atoms with Crippen LogP contribution in [0.15, 0.2) is 22.7 Å². The summed E-state index contributed by atoms with van der Waals surface area (Å²) in [6.45, 7) is 1.86. The predicted molar refractivity (Wildman–Crippen MR) is 51.6 cm³/mol. The van der Waals surface area contributed by atoms with Gasteiger partial charge in [0.25, 0.3) is 0 Å². The third kappa shape index (κ3) is 1.44. The van der Waals surface area contributed by atoms with E-state index in [2.05, 4.69) is 5.10 Å². The molecule has 0 atom stereocenters. The highest BCUT2D eigenvalue weighted by Gasteiger charge is 2.09. The van der Waals surface area contributed by atoms with E-state index in [1.54, 1.807) is 10.7 Å². The van der Waals surface area contributed by atoms with Crippen molar-refractivity contribution in [2.24, 2.45) is 7.05 Å². The quantitative estimate of drug-likeness (QED) is 0.784. The van der Waals surface area contributed by atoms with Gasteiger partial charge in [0.2, 0.25) is 0 Å². The summed E-state index contributed by atoms with van der Waals surface area (Å²) in [5, 5.41) is 13.1. The van der Waals surface area contributed by atoms with Gasteiger partial charge < -0.3 is 9.52 Å². The van der Waals surface area contributed by atoms with Gasteiger partial charge >= 0.3 is 0 Å². The molecule has 14 heavy (non-hydrogen) atoms. The highest BCUT2D eigenvalue weighted by molar-refractivity contribution is 5.59. The van der Waals surface area contributed by atoms with Gasteiger partial charge in [-0.15, -0.1) is 0 Å². The molecule has 0 spiro atoms. The number of aryl methyl sites for hydroxylation is 2. The molecular formula is C10H12N2O2. The summed E-state index contributed by atoms with van der Waals surface area (Å²) in [6.07, 6.45) is 1.90. The van der Waals surface area contributed by atoms with Crippen LogP contribution in [-0.2, 0) is 13.7 Å². The van der Waals surface area contributed by atoms with Crippen LogP contribution in [0, 0.1) is 6.92 Å². The number of nitrogens with zero attached hydrogens (tertiary/aromatic N) is 2. The minimum absolute atomic E-state index is 0.0701. The maximum atomic E-state index is 8.86. The number of hydrogen-bond donors (Lipinski definition) is 1. The van der Waals surface area contributed by atoms with E-state index in [-0.39, 0.29) is 6.61 Å². The summed E-state index contributed by atoms with van der Waals surface area (Å²) in [4.78, 5) is 0. The molecule has 0 amide bonds. The highest BCUT2D eigenvalue weighted by atomic mass is 16.4. The fourth-order valence-electron chi connectivity index (χ4n) is 1.45. The van der Waals surface area contributed by atoms with E-state index in [4.69, 9.17) is 9.52 Å². The molecule has 74 valence electrons. The Balaban J connectivity index is 2.43. The zero-order chi connectivity index (χ0) is 10.1. The Morgan fingerprint density at radius 1 is 1.50 bits per heavy atom. The van der Waals surface area contributed by atoms with Crippen LogP contribution in [0.4, 0.5) is 0 Å². The first kappa shape index (κ1) is 9.02. The lowest BCUT2D eigenvalue weighted by atomic mass is 10.2. The summed E-state index contributed by atoms with van der Waals surface area (Å²) in [5.41, 5.74) is 1.89. The topological polar surface area (TPSA) is 51.2 Å². The second-order valence-electron chi connectivity index (χ2n) is 3.23. The fourth-order valence-corrected chi connectivity index (χ4v) is 1.45. The number of rotatable bonds is 2. The van der Waals surface area contributed by atoms with Crippen molar-refractivity contribution >= 4 is 0 Å². The normalized spacial score (nSPS) is 10.8. The van der Waals surface area contributed by atoms with Gasteiger partial charge in [-0.1, -0.05) is 0 Å². The first-order chi connectivity index (χ1) is 6.70.